The van der Waals surface area contributed by atoms with Crippen molar-refractivity contribution in [2.75, 3.05) is 26.5 Å². The third-order valence-corrected chi connectivity index (χ3v) is 5.02. The minimum atomic E-state index is -0.200. The fourth-order valence-electron chi connectivity index (χ4n) is 2.31. The summed E-state index contributed by atoms with van der Waals surface area (Å²) in [7, 11) is 5.23. The van der Waals surface area contributed by atoms with Crippen LogP contribution in [0.1, 0.15) is 30.0 Å². The predicted octanol–water partition coefficient (Wildman–Crippen LogP) is 3.39. The Morgan fingerprint density at radius 2 is 1.96 bits per heavy atom. The molecule has 0 saturated heterocycles. The molecular weight excluding hydrogens is 336 g/mol. The molecule has 6 nitrogen and oxygen atoms in total. The van der Waals surface area contributed by atoms with Gasteiger partial charge in [-0.2, -0.15) is 0 Å². The smallest absolute Gasteiger partial charge is 0.322 e. The van der Waals surface area contributed by atoms with Crippen LogP contribution < -0.4 is 5.32 Å². The molecule has 25 heavy (non-hydrogen) atoms. The molecule has 0 unspecified atom stereocenters. The van der Waals surface area contributed by atoms with Gasteiger partial charge in [0.15, 0.2) is 0 Å². The average molecular weight is 360 g/mol. The number of aromatic nitrogens is 1. The van der Waals surface area contributed by atoms with Gasteiger partial charge in [-0.1, -0.05) is 18.2 Å². The molecule has 0 spiro atoms. The van der Waals surface area contributed by atoms with Gasteiger partial charge in [-0.05, 0) is 25.0 Å². The van der Waals surface area contributed by atoms with E-state index in [0.29, 0.717) is 12.8 Å². The zero-order valence-electron chi connectivity index (χ0n) is 15.0. The normalized spacial score (nSPS) is 11.7. The Labute approximate surface area is 152 Å². The van der Waals surface area contributed by atoms with Crippen LogP contribution in [0.4, 0.5) is 10.5 Å². The first-order valence-electron chi connectivity index (χ1n) is 8.11. The Morgan fingerprint density at radius 1 is 1.24 bits per heavy atom. The standard InChI is InChI=1S/C18H24N4O2S/c1-13(17-19-11-12-25-17)22(4)18(24)20-15-8-6-5-7-14(15)9-10-16(23)21(2)3/h5-8,11-13H,9-10H2,1-4H3,(H,20,24)/t13-/m0/s1. The lowest BCUT2D eigenvalue weighted by Gasteiger charge is -2.24. The highest BCUT2D eigenvalue weighted by molar-refractivity contribution is 7.09. The van der Waals surface area contributed by atoms with E-state index in [9.17, 15) is 9.59 Å². The van der Waals surface area contributed by atoms with Crippen LogP contribution in [0, 0.1) is 0 Å². The van der Waals surface area contributed by atoms with Gasteiger partial charge in [-0.15, -0.1) is 11.3 Å². The Kier molecular flexibility index (Phi) is 6.52. The largest absolute Gasteiger partial charge is 0.349 e. The van der Waals surface area contributed by atoms with Gasteiger partial charge in [0, 0.05) is 44.8 Å². The van der Waals surface area contributed by atoms with Gasteiger partial charge in [-0.3, -0.25) is 4.79 Å². The summed E-state index contributed by atoms with van der Waals surface area (Å²) in [6, 6.07) is 7.26. The molecule has 134 valence electrons. The summed E-state index contributed by atoms with van der Waals surface area (Å²) in [5.41, 5.74) is 1.68. The number of nitrogens with one attached hydrogen (secondary N) is 1. The first-order chi connectivity index (χ1) is 11.9. The van der Waals surface area contributed by atoms with Crippen molar-refractivity contribution in [2.45, 2.75) is 25.8 Å². The summed E-state index contributed by atoms with van der Waals surface area (Å²) in [5, 5.41) is 5.73. The number of aryl methyl sites for hydroxylation is 1. The average Bonchev–Trinajstić information content (AvgIpc) is 3.13. The van der Waals surface area contributed by atoms with Crippen LogP contribution in [0.2, 0.25) is 0 Å². The number of amides is 3. The lowest BCUT2D eigenvalue weighted by atomic mass is 10.1. The molecule has 0 saturated carbocycles. The maximum absolute atomic E-state index is 12.6. The second-order valence-electron chi connectivity index (χ2n) is 6.03. The van der Waals surface area contributed by atoms with Crippen LogP contribution in [0.15, 0.2) is 35.8 Å². The van der Waals surface area contributed by atoms with Crippen molar-refractivity contribution in [3.63, 3.8) is 0 Å². The molecule has 1 heterocycles. The Balaban J connectivity index is 2.04. The summed E-state index contributed by atoms with van der Waals surface area (Å²) in [5.74, 6) is 0.0654. The van der Waals surface area contributed by atoms with Crippen molar-refractivity contribution in [3.8, 4) is 0 Å². The minimum absolute atomic E-state index is 0.0654. The van der Waals surface area contributed by atoms with Crippen LogP contribution in [0.5, 0.6) is 0 Å². The van der Waals surface area contributed by atoms with Gasteiger partial charge < -0.3 is 15.1 Å². The number of carbonyl (C=O) groups excluding carboxylic acids is 2. The van der Waals surface area contributed by atoms with Gasteiger partial charge in [0.05, 0.1) is 6.04 Å². The number of anilines is 1. The number of thiazole rings is 1. The molecule has 0 radical (unpaired) electrons. The molecule has 7 heteroatoms. The zero-order valence-corrected chi connectivity index (χ0v) is 15.8. The number of nitrogens with zero attached hydrogens (tertiary/aromatic N) is 3. The van der Waals surface area contributed by atoms with Crippen LogP contribution in [-0.2, 0) is 11.2 Å². The highest BCUT2D eigenvalue weighted by atomic mass is 32.1. The summed E-state index contributed by atoms with van der Waals surface area (Å²) in [6.45, 7) is 1.94. The number of hydrogen-bond acceptors (Lipinski definition) is 4. The molecule has 0 fully saturated rings. The third-order valence-electron chi connectivity index (χ3n) is 4.08. The highest BCUT2D eigenvalue weighted by Crippen LogP contribution is 2.23. The lowest BCUT2D eigenvalue weighted by Crippen LogP contribution is -2.33. The van der Waals surface area contributed by atoms with Gasteiger partial charge >= 0.3 is 6.03 Å². The maximum atomic E-state index is 12.6. The number of rotatable bonds is 6. The molecule has 0 aliphatic heterocycles. The van der Waals surface area contributed by atoms with E-state index >= 15 is 0 Å². The third kappa shape index (κ3) is 5.03. The van der Waals surface area contributed by atoms with Crippen molar-refractivity contribution in [1.82, 2.24) is 14.8 Å². The number of urea groups is 1. The molecule has 1 aromatic heterocycles. The van der Waals surface area contributed by atoms with Gasteiger partial charge in [-0.25, -0.2) is 9.78 Å². The summed E-state index contributed by atoms with van der Waals surface area (Å²) >= 11 is 1.53. The molecule has 2 rings (SSSR count). The monoisotopic (exact) mass is 360 g/mol. The number of para-hydroxylation sites is 1. The summed E-state index contributed by atoms with van der Waals surface area (Å²) in [6.07, 6.45) is 2.73. The summed E-state index contributed by atoms with van der Waals surface area (Å²) < 4.78 is 0. The van der Waals surface area contributed by atoms with E-state index in [-0.39, 0.29) is 18.0 Å². The molecule has 1 atom stereocenters. The summed E-state index contributed by atoms with van der Waals surface area (Å²) in [4.78, 5) is 31.8. The van der Waals surface area contributed by atoms with Crippen LogP contribution in [0.3, 0.4) is 0 Å². The van der Waals surface area contributed by atoms with E-state index in [4.69, 9.17) is 0 Å². The van der Waals surface area contributed by atoms with Gasteiger partial charge in [0.2, 0.25) is 5.91 Å². The van der Waals surface area contributed by atoms with Crippen molar-refractivity contribution in [3.05, 3.63) is 46.4 Å². The molecular formula is C18H24N4O2S. The maximum Gasteiger partial charge on any atom is 0.322 e. The van der Waals surface area contributed by atoms with E-state index in [0.717, 1.165) is 16.3 Å². The second kappa shape index (κ2) is 8.62. The molecule has 2 aromatic rings. The highest BCUT2D eigenvalue weighted by Gasteiger charge is 2.20. The van der Waals surface area contributed by atoms with E-state index in [1.165, 1.54) is 11.3 Å². The Bertz CT molecular complexity index is 716. The van der Waals surface area contributed by atoms with Crippen LogP contribution >= 0.6 is 11.3 Å². The molecule has 3 amide bonds. The number of hydrogen-bond donors (Lipinski definition) is 1. The van der Waals surface area contributed by atoms with E-state index < -0.39 is 0 Å². The number of carbonyl (C=O) groups is 2. The quantitative estimate of drug-likeness (QED) is 0.859. The van der Waals surface area contributed by atoms with Crippen molar-refractivity contribution in [2.24, 2.45) is 0 Å². The van der Waals surface area contributed by atoms with Crippen molar-refractivity contribution < 1.29 is 9.59 Å². The van der Waals surface area contributed by atoms with E-state index in [2.05, 4.69) is 10.3 Å². The fourth-order valence-corrected chi connectivity index (χ4v) is 3.05. The zero-order chi connectivity index (χ0) is 18.4. The second-order valence-corrected chi connectivity index (χ2v) is 6.96. The topological polar surface area (TPSA) is 65.5 Å². The van der Waals surface area contributed by atoms with Crippen molar-refractivity contribution >= 4 is 29.0 Å². The minimum Gasteiger partial charge on any atom is -0.349 e. The van der Waals surface area contributed by atoms with Gasteiger partial charge in [0.1, 0.15) is 5.01 Å². The lowest BCUT2D eigenvalue weighted by molar-refractivity contribution is -0.128. The number of benzene rings is 1. The SMILES string of the molecule is C[C@@H](c1nccs1)N(C)C(=O)Nc1ccccc1CCC(=O)N(C)C. The first-order valence-corrected chi connectivity index (χ1v) is 8.99. The van der Waals surface area contributed by atoms with Crippen molar-refractivity contribution in [1.29, 1.82) is 0 Å². The molecule has 0 aliphatic rings. The van der Waals surface area contributed by atoms with Gasteiger partial charge in [0.25, 0.3) is 0 Å². The predicted molar refractivity (Wildman–Crippen MR) is 101 cm³/mol. The first kappa shape index (κ1) is 18.9. The fraction of sp³-hybridized carbons (Fsp3) is 0.389. The molecule has 0 aliphatic carbocycles. The Morgan fingerprint density at radius 3 is 2.60 bits per heavy atom. The van der Waals surface area contributed by atoms with E-state index in [1.54, 1.807) is 37.1 Å². The molecule has 0 bridgehead atoms. The molecule has 1 aromatic carbocycles. The van der Waals surface area contributed by atoms with Crippen LogP contribution in [-0.4, -0.2) is 47.9 Å². The molecule has 1 N–H and O–H groups in total. The van der Waals surface area contributed by atoms with Crippen LogP contribution in [0.25, 0.3) is 0 Å². The van der Waals surface area contributed by atoms with E-state index in [1.807, 2.05) is 36.6 Å². The Hall–Kier alpha value is -2.41.